The van der Waals surface area contributed by atoms with Crippen LogP contribution >= 0.6 is 0 Å². The highest BCUT2D eigenvalue weighted by Crippen LogP contribution is 2.37. The highest BCUT2D eigenvalue weighted by Gasteiger charge is 2.30. The summed E-state index contributed by atoms with van der Waals surface area (Å²) in [6.07, 6.45) is 4.91. The molecule has 10 nitrogen and oxygen atoms in total. The monoisotopic (exact) mass is 516 g/mol. The summed E-state index contributed by atoms with van der Waals surface area (Å²) < 4.78 is 32.2. The van der Waals surface area contributed by atoms with Gasteiger partial charge in [0.1, 0.15) is 11.8 Å². The van der Waals surface area contributed by atoms with Crippen LogP contribution in [0.1, 0.15) is 30.0 Å². The largest absolute Gasteiger partial charge is 0.382 e. The van der Waals surface area contributed by atoms with E-state index in [0.29, 0.717) is 38.3 Å². The van der Waals surface area contributed by atoms with Crippen molar-refractivity contribution in [3.8, 4) is 11.1 Å². The summed E-state index contributed by atoms with van der Waals surface area (Å²) in [6.45, 7) is 1.59. The summed E-state index contributed by atoms with van der Waals surface area (Å²) in [5.41, 5.74) is 12.1. The molecule has 6 rings (SSSR count). The van der Waals surface area contributed by atoms with E-state index in [9.17, 15) is 8.42 Å². The lowest BCUT2D eigenvalue weighted by molar-refractivity contribution is 0.312. The maximum Gasteiger partial charge on any atom is 0.279 e. The zero-order valence-electron chi connectivity index (χ0n) is 20.4. The Hall–Kier alpha value is -3.80. The first-order valence-corrected chi connectivity index (χ1v) is 13.7. The van der Waals surface area contributed by atoms with Gasteiger partial charge >= 0.3 is 0 Å². The van der Waals surface area contributed by atoms with Crippen LogP contribution in [0.5, 0.6) is 0 Å². The van der Waals surface area contributed by atoms with E-state index in [1.165, 1.54) is 23.2 Å². The zero-order chi connectivity index (χ0) is 25.6. The molecule has 3 N–H and O–H groups in total. The fraction of sp³-hybridized carbons (Fsp3) is 0.269. The summed E-state index contributed by atoms with van der Waals surface area (Å²) in [5.74, 6) is 0.550. The van der Waals surface area contributed by atoms with E-state index < -0.39 is 10.2 Å². The van der Waals surface area contributed by atoms with Crippen molar-refractivity contribution in [2.75, 3.05) is 25.9 Å². The molecule has 1 aliphatic rings. The van der Waals surface area contributed by atoms with E-state index in [4.69, 9.17) is 10.8 Å². The fourth-order valence-electron chi connectivity index (χ4n) is 5.21. The SMILES string of the molecule is CNS(=O)(=O)N1CCC(c2cc(-c3ccc4cn(Cc5ccccc5)nc4c3)c3c(N)ncnn23)CC1. The Morgan fingerprint density at radius 2 is 1.86 bits per heavy atom. The molecule has 1 fully saturated rings. The molecule has 11 heteroatoms. The maximum atomic E-state index is 12.2. The van der Waals surface area contributed by atoms with Crippen LogP contribution in [0.15, 0.2) is 67.1 Å². The molecule has 1 aliphatic heterocycles. The van der Waals surface area contributed by atoms with Gasteiger partial charge < -0.3 is 5.73 Å². The average Bonchev–Trinajstić information content (AvgIpc) is 3.51. The van der Waals surface area contributed by atoms with Crippen molar-refractivity contribution in [2.24, 2.45) is 0 Å². The van der Waals surface area contributed by atoms with Gasteiger partial charge in [0.05, 0.1) is 12.1 Å². The Morgan fingerprint density at radius 3 is 2.62 bits per heavy atom. The van der Waals surface area contributed by atoms with Crippen LogP contribution < -0.4 is 10.5 Å². The van der Waals surface area contributed by atoms with Crippen LogP contribution in [-0.2, 0) is 16.8 Å². The molecule has 4 heterocycles. The fourth-order valence-corrected chi connectivity index (χ4v) is 6.16. The average molecular weight is 517 g/mol. The molecule has 0 atom stereocenters. The molecule has 0 saturated carbocycles. The van der Waals surface area contributed by atoms with Crippen LogP contribution in [0.25, 0.3) is 27.5 Å². The van der Waals surface area contributed by atoms with E-state index in [1.54, 1.807) is 0 Å². The number of fused-ring (bicyclic) bond motifs is 2. The van der Waals surface area contributed by atoms with Crippen LogP contribution in [0, 0.1) is 0 Å². The maximum absolute atomic E-state index is 12.2. The first kappa shape index (κ1) is 23.6. The Morgan fingerprint density at radius 1 is 1.08 bits per heavy atom. The Bertz CT molecular complexity index is 1690. The third-order valence-electron chi connectivity index (χ3n) is 7.13. The molecule has 0 bridgehead atoms. The topological polar surface area (TPSA) is 123 Å². The normalized spacial score (nSPS) is 15.6. The summed E-state index contributed by atoms with van der Waals surface area (Å²) in [5, 5.41) is 10.4. The number of piperidine rings is 1. The van der Waals surface area contributed by atoms with Gasteiger partial charge in [0.15, 0.2) is 5.82 Å². The summed E-state index contributed by atoms with van der Waals surface area (Å²) in [4.78, 5) is 4.25. The van der Waals surface area contributed by atoms with Gasteiger partial charge in [-0.1, -0.05) is 42.5 Å². The van der Waals surface area contributed by atoms with Crippen LogP contribution in [0.4, 0.5) is 5.82 Å². The minimum atomic E-state index is -3.43. The lowest BCUT2D eigenvalue weighted by atomic mass is 9.94. The van der Waals surface area contributed by atoms with E-state index in [1.807, 2.05) is 27.4 Å². The minimum absolute atomic E-state index is 0.146. The second kappa shape index (κ2) is 9.25. The summed E-state index contributed by atoms with van der Waals surface area (Å²) >= 11 is 0. The molecule has 1 saturated heterocycles. The van der Waals surface area contributed by atoms with Crippen molar-refractivity contribution in [3.05, 3.63) is 78.4 Å². The van der Waals surface area contributed by atoms with Crippen molar-refractivity contribution >= 4 is 32.4 Å². The number of nitrogens with two attached hydrogens (primary N) is 1. The van der Waals surface area contributed by atoms with Gasteiger partial charge in [-0.3, -0.25) is 4.68 Å². The number of aromatic nitrogens is 5. The minimum Gasteiger partial charge on any atom is -0.382 e. The van der Waals surface area contributed by atoms with E-state index >= 15 is 0 Å². The van der Waals surface area contributed by atoms with Crippen molar-refractivity contribution in [3.63, 3.8) is 0 Å². The predicted molar refractivity (Wildman–Crippen MR) is 143 cm³/mol. The van der Waals surface area contributed by atoms with Crippen LogP contribution in [0.2, 0.25) is 0 Å². The molecule has 0 amide bonds. The molecule has 0 radical (unpaired) electrons. The lowest BCUT2D eigenvalue weighted by Gasteiger charge is -2.30. The number of benzene rings is 2. The number of nitrogens with zero attached hydrogens (tertiary/aromatic N) is 6. The van der Waals surface area contributed by atoms with E-state index in [2.05, 4.69) is 57.4 Å². The quantitative estimate of drug-likeness (QED) is 0.358. The van der Waals surface area contributed by atoms with Gasteiger partial charge in [0, 0.05) is 48.9 Å². The third-order valence-corrected chi connectivity index (χ3v) is 8.69. The van der Waals surface area contributed by atoms with E-state index in [0.717, 1.165) is 33.2 Å². The molecule has 3 aromatic heterocycles. The van der Waals surface area contributed by atoms with Gasteiger partial charge in [-0.2, -0.15) is 22.9 Å². The Kier molecular flexibility index (Phi) is 5.90. The summed E-state index contributed by atoms with van der Waals surface area (Å²) in [7, 11) is -1.99. The number of nitrogen functional groups attached to an aromatic ring is 1. The number of hydrogen-bond donors (Lipinski definition) is 2. The molecule has 0 aliphatic carbocycles. The number of rotatable bonds is 6. The molecule has 37 heavy (non-hydrogen) atoms. The Labute approximate surface area is 214 Å². The van der Waals surface area contributed by atoms with Crippen molar-refractivity contribution in [1.82, 2.24) is 33.4 Å². The van der Waals surface area contributed by atoms with Crippen LogP contribution in [-0.4, -0.2) is 57.2 Å². The van der Waals surface area contributed by atoms with Gasteiger partial charge in [-0.15, -0.1) is 0 Å². The number of anilines is 1. The molecule has 5 aromatic rings. The molecule has 0 unspecified atom stereocenters. The van der Waals surface area contributed by atoms with Crippen molar-refractivity contribution < 1.29 is 8.42 Å². The van der Waals surface area contributed by atoms with Gasteiger partial charge in [0.2, 0.25) is 0 Å². The van der Waals surface area contributed by atoms with Gasteiger partial charge in [-0.25, -0.2) is 14.2 Å². The number of hydrogen-bond acceptors (Lipinski definition) is 6. The lowest BCUT2D eigenvalue weighted by Crippen LogP contribution is -2.43. The first-order valence-electron chi connectivity index (χ1n) is 12.2. The second-order valence-corrected chi connectivity index (χ2v) is 11.2. The van der Waals surface area contributed by atoms with Gasteiger partial charge in [0.25, 0.3) is 10.2 Å². The highest BCUT2D eigenvalue weighted by atomic mass is 32.2. The van der Waals surface area contributed by atoms with Gasteiger partial charge in [-0.05, 0) is 36.1 Å². The molecule has 2 aromatic carbocycles. The predicted octanol–water partition coefficient (Wildman–Crippen LogP) is 3.02. The Balaban J connectivity index is 1.35. The highest BCUT2D eigenvalue weighted by molar-refractivity contribution is 7.87. The summed E-state index contributed by atoms with van der Waals surface area (Å²) in [6, 6.07) is 18.6. The van der Waals surface area contributed by atoms with Crippen molar-refractivity contribution in [2.45, 2.75) is 25.3 Å². The molecule has 190 valence electrons. The molecular formula is C26H28N8O2S. The third kappa shape index (κ3) is 4.35. The zero-order valence-corrected chi connectivity index (χ0v) is 21.3. The van der Waals surface area contributed by atoms with Crippen LogP contribution in [0.3, 0.4) is 0 Å². The standard InChI is InChI=1S/C26H28N8O2S/c1-28-37(35,36)33-11-9-19(10-12-33)24-14-22(25-26(27)29-17-30-34(24)25)20-7-8-21-16-32(31-23(21)13-20)15-18-5-3-2-4-6-18/h2-8,13-14,16-17,19,28H,9-12,15H2,1H3,(H2,27,29,30). The van der Waals surface area contributed by atoms with E-state index in [-0.39, 0.29) is 5.92 Å². The molecular weight excluding hydrogens is 488 g/mol. The smallest absolute Gasteiger partial charge is 0.279 e. The molecule has 0 spiro atoms. The second-order valence-electron chi connectivity index (χ2n) is 9.36. The van der Waals surface area contributed by atoms with Crippen molar-refractivity contribution in [1.29, 1.82) is 0 Å². The first-order chi connectivity index (χ1) is 17.9. The number of nitrogens with one attached hydrogen (secondary N) is 1.